The maximum Gasteiger partial charge on any atom is 0.190 e. The number of hydrogen-bond acceptors (Lipinski definition) is 2. The molecule has 4 nitrogen and oxygen atoms in total. The highest BCUT2D eigenvalue weighted by atomic mass is 15.2. The summed E-state index contributed by atoms with van der Waals surface area (Å²) in [5.74, 6) is 1.38. The van der Waals surface area contributed by atoms with E-state index in [2.05, 4.69) is 58.6 Å². The van der Waals surface area contributed by atoms with E-state index in [1.807, 2.05) is 7.05 Å². The molecule has 0 amide bonds. The molecule has 0 bridgehead atoms. The van der Waals surface area contributed by atoms with Crippen molar-refractivity contribution in [3.8, 4) is 0 Å². The summed E-state index contributed by atoms with van der Waals surface area (Å²) in [6.07, 6.45) is 3.91. The van der Waals surface area contributed by atoms with Crippen molar-refractivity contribution in [1.82, 2.24) is 15.5 Å². The Morgan fingerprint density at radius 1 is 1.17 bits per heavy atom. The molecule has 1 unspecified atom stereocenters. The zero-order chi connectivity index (χ0) is 16.5. The second kappa shape index (κ2) is 9.56. The Bertz CT molecular complexity index is 475. The quantitative estimate of drug-likeness (QED) is 0.462. The Balaban J connectivity index is 1.64. The smallest absolute Gasteiger partial charge is 0.190 e. The molecular weight excluding hydrogens is 284 g/mol. The summed E-state index contributed by atoms with van der Waals surface area (Å²) in [6.45, 7) is 10.0. The number of guanidine groups is 1. The van der Waals surface area contributed by atoms with Gasteiger partial charge in [0, 0.05) is 20.1 Å². The number of hydrogen-bond donors (Lipinski definition) is 2. The van der Waals surface area contributed by atoms with Crippen LogP contribution in [0.1, 0.15) is 43.2 Å². The van der Waals surface area contributed by atoms with E-state index in [9.17, 15) is 0 Å². The summed E-state index contributed by atoms with van der Waals surface area (Å²) >= 11 is 0. The van der Waals surface area contributed by atoms with Crippen LogP contribution in [0.2, 0.25) is 0 Å². The van der Waals surface area contributed by atoms with Crippen LogP contribution in [0.5, 0.6) is 0 Å². The minimum atomic E-state index is 0.471. The van der Waals surface area contributed by atoms with Crippen LogP contribution >= 0.6 is 0 Å². The number of aliphatic imine (C=N–C) groups is 1. The molecule has 1 fully saturated rings. The molecule has 4 heteroatoms. The van der Waals surface area contributed by atoms with E-state index < -0.39 is 0 Å². The zero-order valence-electron chi connectivity index (χ0n) is 14.9. The molecule has 2 N–H and O–H groups in total. The van der Waals surface area contributed by atoms with Crippen LogP contribution in [0, 0.1) is 6.92 Å². The first-order chi connectivity index (χ1) is 11.2. The van der Waals surface area contributed by atoms with E-state index in [0.29, 0.717) is 5.92 Å². The molecule has 1 saturated heterocycles. The fraction of sp³-hybridized carbons (Fsp3) is 0.632. The minimum Gasteiger partial charge on any atom is -0.356 e. The summed E-state index contributed by atoms with van der Waals surface area (Å²) in [7, 11) is 1.84. The number of nitrogens with zero attached hydrogens (tertiary/aromatic N) is 2. The maximum absolute atomic E-state index is 4.32. The number of benzene rings is 1. The van der Waals surface area contributed by atoms with Gasteiger partial charge in [0.25, 0.3) is 0 Å². The largest absolute Gasteiger partial charge is 0.356 e. The van der Waals surface area contributed by atoms with Crippen LogP contribution in [-0.4, -0.2) is 50.6 Å². The first-order valence-corrected chi connectivity index (χ1v) is 8.92. The Morgan fingerprint density at radius 2 is 1.87 bits per heavy atom. The average Bonchev–Trinajstić information content (AvgIpc) is 3.08. The van der Waals surface area contributed by atoms with Crippen molar-refractivity contribution < 1.29 is 0 Å². The number of nitrogens with one attached hydrogen (secondary N) is 2. The Labute approximate surface area is 141 Å². The van der Waals surface area contributed by atoms with Crippen LogP contribution in [0.25, 0.3) is 0 Å². The standard InChI is InChI=1S/C19H32N4/c1-16-7-9-18(10-8-16)17(2)15-22-19(20-3)21-11-6-14-23-12-4-5-13-23/h7-10,17H,4-6,11-15H2,1-3H3,(H2,20,21,22). The molecule has 1 aliphatic heterocycles. The monoisotopic (exact) mass is 316 g/mol. The van der Waals surface area contributed by atoms with Gasteiger partial charge in [-0.05, 0) is 57.3 Å². The molecule has 1 heterocycles. The Morgan fingerprint density at radius 3 is 2.52 bits per heavy atom. The molecule has 1 aromatic carbocycles. The topological polar surface area (TPSA) is 39.7 Å². The van der Waals surface area contributed by atoms with Gasteiger partial charge in [-0.1, -0.05) is 36.8 Å². The SMILES string of the molecule is CN=C(NCCCN1CCCC1)NCC(C)c1ccc(C)cc1. The van der Waals surface area contributed by atoms with E-state index in [4.69, 9.17) is 0 Å². The predicted molar refractivity (Wildman–Crippen MR) is 99.2 cm³/mol. The number of rotatable bonds is 7. The molecule has 2 rings (SSSR count). The van der Waals surface area contributed by atoms with Crippen molar-refractivity contribution in [2.75, 3.05) is 39.8 Å². The van der Waals surface area contributed by atoms with Gasteiger partial charge in [0.2, 0.25) is 0 Å². The molecule has 0 aromatic heterocycles. The highest BCUT2D eigenvalue weighted by molar-refractivity contribution is 5.79. The lowest BCUT2D eigenvalue weighted by atomic mass is 10.0. The molecule has 1 aromatic rings. The lowest BCUT2D eigenvalue weighted by Gasteiger charge is -2.18. The Hall–Kier alpha value is -1.55. The third kappa shape index (κ3) is 6.22. The molecular formula is C19H32N4. The fourth-order valence-corrected chi connectivity index (χ4v) is 3.00. The van der Waals surface area contributed by atoms with Gasteiger partial charge < -0.3 is 15.5 Å². The lowest BCUT2D eigenvalue weighted by Crippen LogP contribution is -2.40. The van der Waals surface area contributed by atoms with Crippen molar-refractivity contribution >= 4 is 5.96 Å². The normalized spacial score (nSPS) is 17.3. The summed E-state index contributed by atoms with van der Waals surface area (Å²) < 4.78 is 0. The number of aryl methyl sites for hydroxylation is 1. The summed E-state index contributed by atoms with van der Waals surface area (Å²) in [5, 5.41) is 6.86. The van der Waals surface area contributed by atoms with Gasteiger partial charge in [0.05, 0.1) is 0 Å². The minimum absolute atomic E-state index is 0.471. The third-order valence-electron chi connectivity index (χ3n) is 4.59. The highest BCUT2D eigenvalue weighted by Gasteiger charge is 2.10. The van der Waals surface area contributed by atoms with E-state index in [1.54, 1.807) is 0 Å². The number of likely N-dealkylation sites (tertiary alicyclic amines) is 1. The molecule has 1 atom stereocenters. The van der Waals surface area contributed by atoms with Crippen LogP contribution < -0.4 is 10.6 Å². The van der Waals surface area contributed by atoms with Crippen molar-refractivity contribution in [3.63, 3.8) is 0 Å². The van der Waals surface area contributed by atoms with E-state index in [0.717, 1.165) is 19.0 Å². The molecule has 0 radical (unpaired) electrons. The molecule has 128 valence electrons. The maximum atomic E-state index is 4.32. The summed E-state index contributed by atoms with van der Waals surface area (Å²) in [6, 6.07) is 8.79. The third-order valence-corrected chi connectivity index (χ3v) is 4.59. The van der Waals surface area contributed by atoms with Crippen molar-refractivity contribution in [2.24, 2.45) is 4.99 Å². The molecule has 0 saturated carbocycles. The lowest BCUT2D eigenvalue weighted by molar-refractivity contribution is 0.334. The van der Waals surface area contributed by atoms with Gasteiger partial charge in [0.1, 0.15) is 0 Å². The summed E-state index contributed by atoms with van der Waals surface area (Å²) in [4.78, 5) is 6.87. The van der Waals surface area contributed by atoms with Gasteiger partial charge in [-0.2, -0.15) is 0 Å². The van der Waals surface area contributed by atoms with Crippen molar-refractivity contribution in [3.05, 3.63) is 35.4 Å². The van der Waals surface area contributed by atoms with Gasteiger partial charge >= 0.3 is 0 Å². The molecule has 1 aliphatic rings. The van der Waals surface area contributed by atoms with Gasteiger partial charge in [-0.3, -0.25) is 4.99 Å². The predicted octanol–water partition coefficient (Wildman–Crippen LogP) is 2.75. The molecule has 23 heavy (non-hydrogen) atoms. The van der Waals surface area contributed by atoms with Crippen LogP contribution in [0.4, 0.5) is 0 Å². The molecule has 0 spiro atoms. The average molecular weight is 316 g/mol. The van der Waals surface area contributed by atoms with Gasteiger partial charge in [-0.15, -0.1) is 0 Å². The van der Waals surface area contributed by atoms with Crippen LogP contribution in [-0.2, 0) is 0 Å². The second-order valence-electron chi connectivity index (χ2n) is 6.59. The zero-order valence-corrected chi connectivity index (χ0v) is 14.9. The van der Waals surface area contributed by atoms with E-state index >= 15 is 0 Å². The van der Waals surface area contributed by atoms with Gasteiger partial charge in [-0.25, -0.2) is 0 Å². The fourth-order valence-electron chi connectivity index (χ4n) is 3.00. The Kier molecular flexibility index (Phi) is 7.40. The van der Waals surface area contributed by atoms with Gasteiger partial charge in [0.15, 0.2) is 5.96 Å². The second-order valence-corrected chi connectivity index (χ2v) is 6.59. The summed E-state index contributed by atoms with van der Waals surface area (Å²) in [5.41, 5.74) is 2.68. The van der Waals surface area contributed by atoms with Crippen molar-refractivity contribution in [2.45, 2.75) is 39.0 Å². The van der Waals surface area contributed by atoms with Crippen molar-refractivity contribution in [1.29, 1.82) is 0 Å². The van der Waals surface area contributed by atoms with Crippen LogP contribution in [0.3, 0.4) is 0 Å². The first kappa shape index (κ1) is 17.8. The van der Waals surface area contributed by atoms with E-state index in [-0.39, 0.29) is 0 Å². The first-order valence-electron chi connectivity index (χ1n) is 8.92. The highest BCUT2D eigenvalue weighted by Crippen LogP contribution is 2.14. The molecule has 0 aliphatic carbocycles. The van der Waals surface area contributed by atoms with Crippen LogP contribution in [0.15, 0.2) is 29.3 Å². The van der Waals surface area contributed by atoms with E-state index in [1.165, 1.54) is 50.0 Å².